The van der Waals surface area contributed by atoms with Gasteiger partial charge in [-0.2, -0.15) is 0 Å². The highest BCUT2D eigenvalue weighted by Crippen LogP contribution is 2.31. The van der Waals surface area contributed by atoms with E-state index in [-0.39, 0.29) is 0 Å². The van der Waals surface area contributed by atoms with Crippen molar-refractivity contribution in [3.8, 4) is 11.1 Å². The first-order valence-electron chi connectivity index (χ1n) is 8.41. The number of hydrogen-bond acceptors (Lipinski definition) is 4. The Morgan fingerprint density at radius 1 is 1.04 bits per heavy atom. The molecular weight excluding hydrogens is 298 g/mol. The van der Waals surface area contributed by atoms with E-state index in [1.807, 2.05) is 18.5 Å². The number of nitrogens with one attached hydrogen (secondary N) is 1. The molecule has 0 amide bonds. The molecule has 0 aliphatic heterocycles. The first-order valence-corrected chi connectivity index (χ1v) is 8.41. The molecule has 1 saturated carbocycles. The van der Waals surface area contributed by atoms with E-state index in [0.717, 1.165) is 51.4 Å². The van der Waals surface area contributed by atoms with Crippen LogP contribution in [0.1, 0.15) is 25.1 Å². The zero-order valence-electron chi connectivity index (χ0n) is 13.2. The molecular formula is C19H17N5. The second-order valence-electron chi connectivity index (χ2n) is 6.51. The van der Waals surface area contributed by atoms with Crippen molar-refractivity contribution in [3.63, 3.8) is 0 Å². The minimum Gasteiger partial charge on any atom is -0.345 e. The normalized spacial score (nSPS) is 15.0. The predicted octanol–water partition coefficient (Wildman–Crippen LogP) is 3.91. The molecule has 1 aliphatic carbocycles. The van der Waals surface area contributed by atoms with E-state index in [4.69, 9.17) is 4.98 Å². The monoisotopic (exact) mass is 315 g/mol. The summed E-state index contributed by atoms with van der Waals surface area (Å²) in [4.78, 5) is 21.3. The molecule has 0 spiro atoms. The lowest BCUT2D eigenvalue weighted by molar-refractivity contribution is 0.309. The number of hydrogen-bond donors (Lipinski definition) is 1. The molecule has 5 nitrogen and oxygen atoms in total. The summed E-state index contributed by atoms with van der Waals surface area (Å²) >= 11 is 0. The van der Waals surface area contributed by atoms with Crippen molar-refractivity contribution in [3.05, 3.63) is 48.8 Å². The predicted molar refractivity (Wildman–Crippen MR) is 93.5 cm³/mol. The van der Waals surface area contributed by atoms with Gasteiger partial charge < -0.3 is 4.98 Å². The molecule has 0 saturated heterocycles. The lowest BCUT2D eigenvalue weighted by atomic mass is 9.83. The van der Waals surface area contributed by atoms with E-state index in [2.05, 4.69) is 32.1 Å². The number of H-pyrrole nitrogens is 1. The van der Waals surface area contributed by atoms with Crippen LogP contribution in [0.4, 0.5) is 0 Å². The van der Waals surface area contributed by atoms with Crippen molar-refractivity contribution in [2.45, 2.75) is 25.7 Å². The molecule has 4 aromatic rings. The van der Waals surface area contributed by atoms with Crippen molar-refractivity contribution < 1.29 is 0 Å². The Morgan fingerprint density at radius 3 is 2.75 bits per heavy atom. The molecule has 1 aromatic carbocycles. The minimum atomic E-state index is 0.774. The quantitative estimate of drug-likeness (QED) is 0.622. The largest absolute Gasteiger partial charge is 0.345 e. The average molecular weight is 315 g/mol. The molecule has 0 atom stereocenters. The van der Waals surface area contributed by atoms with Gasteiger partial charge in [0.2, 0.25) is 0 Å². The van der Waals surface area contributed by atoms with Crippen molar-refractivity contribution in [1.82, 2.24) is 24.9 Å². The van der Waals surface area contributed by atoms with Gasteiger partial charge in [0.05, 0.1) is 11.0 Å². The molecule has 3 aromatic heterocycles. The topological polar surface area (TPSA) is 67.3 Å². The number of aromatic nitrogens is 5. The summed E-state index contributed by atoms with van der Waals surface area (Å²) in [5.74, 6) is 1.72. The molecule has 24 heavy (non-hydrogen) atoms. The van der Waals surface area contributed by atoms with Crippen LogP contribution in [-0.2, 0) is 6.42 Å². The molecule has 1 N–H and O–H groups in total. The first-order chi connectivity index (χ1) is 11.9. The Kier molecular flexibility index (Phi) is 3.04. The highest BCUT2D eigenvalue weighted by atomic mass is 14.9. The number of aromatic amines is 1. The molecule has 0 radical (unpaired) electrons. The minimum absolute atomic E-state index is 0.774. The molecule has 0 bridgehead atoms. The van der Waals surface area contributed by atoms with Crippen LogP contribution in [0.25, 0.3) is 33.2 Å². The van der Waals surface area contributed by atoms with E-state index < -0.39 is 0 Å². The maximum absolute atomic E-state index is 4.71. The summed E-state index contributed by atoms with van der Waals surface area (Å²) in [6.07, 6.45) is 12.4. The molecule has 5 rings (SSSR count). The third kappa shape index (κ3) is 2.24. The second-order valence-corrected chi connectivity index (χ2v) is 6.51. The number of nitrogens with zero attached hydrogens (tertiary/aromatic N) is 4. The molecule has 1 fully saturated rings. The van der Waals surface area contributed by atoms with Crippen LogP contribution in [0.5, 0.6) is 0 Å². The summed E-state index contributed by atoms with van der Waals surface area (Å²) in [6.45, 7) is 0. The van der Waals surface area contributed by atoms with Crippen LogP contribution in [-0.4, -0.2) is 24.9 Å². The number of benzene rings is 1. The number of rotatable bonds is 3. The van der Waals surface area contributed by atoms with Gasteiger partial charge in [0, 0.05) is 42.2 Å². The molecule has 1 aliphatic rings. The SMILES string of the molecule is c1cnc2cc(-c3c[nH]c4nc(CC5CCC5)ncc34)ccc2n1. The van der Waals surface area contributed by atoms with Gasteiger partial charge in [-0.25, -0.2) is 9.97 Å². The average Bonchev–Trinajstić information content (AvgIpc) is 3.01. The van der Waals surface area contributed by atoms with Crippen molar-refractivity contribution >= 4 is 22.1 Å². The fraction of sp³-hybridized carbons (Fsp3) is 0.263. The second kappa shape index (κ2) is 5.37. The standard InChI is InChI=1S/C19H17N5/c1-2-12(3-1)8-18-22-11-15-14(10-23-19(15)24-18)13-4-5-16-17(9-13)21-7-6-20-16/h4-7,9-12H,1-3,8H2,(H,22,23,24). The summed E-state index contributed by atoms with van der Waals surface area (Å²) in [6, 6.07) is 6.14. The Hall–Kier alpha value is -2.82. The van der Waals surface area contributed by atoms with Gasteiger partial charge in [-0.05, 0) is 23.6 Å². The molecule has 3 heterocycles. The van der Waals surface area contributed by atoms with E-state index >= 15 is 0 Å². The van der Waals surface area contributed by atoms with E-state index in [0.29, 0.717) is 0 Å². The lowest BCUT2D eigenvalue weighted by Crippen LogP contribution is -2.15. The zero-order chi connectivity index (χ0) is 15.9. The Balaban J connectivity index is 1.55. The fourth-order valence-electron chi connectivity index (χ4n) is 3.37. The van der Waals surface area contributed by atoms with E-state index in [9.17, 15) is 0 Å². The Bertz CT molecular complexity index is 1030. The highest BCUT2D eigenvalue weighted by Gasteiger charge is 2.19. The van der Waals surface area contributed by atoms with Crippen molar-refractivity contribution in [2.24, 2.45) is 5.92 Å². The maximum atomic E-state index is 4.71. The molecule has 118 valence electrons. The van der Waals surface area contributed by atoms with Crippen LogP contribution in [0, 0.1) is 5.92 Å². The molecule has 5 heteroatoms. The van der Waals surface area contributed by atoms with E-state index in [1.165, 1.54) is 19.3 Å². The van der Waals surface area contributed by atoms with Crippen LogP contribution in [0.2, 0.25) is 0 Å². The van der Waals surface area contributed by atoms with Crippen molar-refractivity contribution in [1.29, 1.82) is 0 Å². The number of fused-ring (bicyclic) bond motifs is 2. The van der Waals surface area contributed by atoms with Crippen LogP contribution >= 0.6 is 0 Å². The van der Waals surface area contributed by atoms with E-state index in [1.54, 1.807) is 12.4 Å². The zero-order valence-corrected chi connectivity index (χ0v) is 13.2. The van der Waals surface area contributed by atoms with Gasteiger partial charge in [0.15, 0.2) is 0 Å². The van der Waals surface area contributed by atoms with Gasteiger partial charge in [0.1, 0.15) is 11.5 Å². The fourth-order valence-corrected chi connectivity index (χ4v) is 3.37. The molecule has 0 unspecified atom stereocenters. The van der Waals surface area contributed by atoms with Gasteiger partial charge in [-0.15, -0.1) is 0 Å². The van der Waals surface area contributed by atoms with Crippen LogP contribution in [0.15, 0.2) is 43.0 Å². The maximum Gasteiger partial charge on any atom is 0.141 e. The smallest absolute Gasteiger partial charge is 0.141 e. The highest BCUT2D eigenvalue weighted by molar-refractivity contribution is 5.95. The lowest BCUT2D eigenvalue weighted by Gasteiger charge is -2.24. The third-order valence-corrected chi connectivity index (χ3v) is 4.96. The van der Waals surface area contributed by atoms with Crippen LogP contribution in [0.3, 0.4) is 0 Å². The first kappa shape index (κ1) is 13.6. The van der Waals surface area contributed by atoms with Gasteiger partial charge in [0.25, 0.3) is 0 Å². The van der Waals surface area contributed by atoms with Gasteiger partial charge in [-0.3, -0.25) is 9.97 Å². The summed E-state index contributed by atoms with van der Waals surface area (Å²) < 4.78 is 0. The Morgan fingerprint density at radius 2 is 1.92 bits per heavy atom. The third-order valence-electron chi connectivity index (χ3n) is 4.96. The van der Waals surface area contributed by atoms with Crippen molar-refractivity contribution in [2.75, 3.05) is 0 Å². The Labute approximate surface area is 139 Å². The van der Waals surface area contributed by atoms with Gasteiger partial charge in [-0.1, -0.05) is 25.3 Å². The van der Waals surface area contributed by atoms with Gasteiger partial charge >= 0.3 is 0 Å². The van der Waals surface area contributed by atoms with Crippen LogP contribution < -0.4 is 0 Å². The summed E-state index contributed by atoms with van der Waals surface area (Å²) in [5, 5.41) is 1.05. The summed E-state index contributed by atoms with van der Waals surface area (Å²) in [5.41, 5.74) is 4.91. The summed E-state index contributed by atoms with van der Waals surface area (Å²) in [7, 11) is 0.